The average molecular weight is 130 g/mol. The van der Waals surface area contributed by atoms with E-state index in [0.717, 1.165) is 12.5 Å². The topological polar surface area (TPSA) is 29.5 Å². The smallest absolute Gasteiger partial charge is 0.143 e. The largest absolute Gasteiger partial charge is 0.371 e. The predicted octanol–water partition coefficient (Wildman–Crippen LogP) is 1.14. The molecule has 0 bridgehead atoms. The molecule has 0 unspecified atom stereocenters. The van der Waals surface area contributed by atoms with Crippen molar-refractivity contribution in [2.45, 2.75) is 25.7 Å². The molecule has 54 valence electrons. The van der Waals surface area contributed by atoms with Gasteiger partial charge in [-0.25, -0.2) is 0 Å². The molecular formula is C7H14O2. The van der Waals surface area contributed by atoms with Gasteiger partial charge >= 0.3 is 0 Å². The van der Waals surface area contributed by atoms with Crippen LogP contribution >= 0.6 is 0 Å². The Balaban J connectivity index is 1.98. The predicted molar refractivity (Wildman–Crippen MR) is 35.0 cm³/mol. The van der Waals surface area contributed by atoms with Gasteiger partial charge in [0.2, 0.25) is 0 Å². The van der Waals surface area contributed by atoms with Gasteiger partial charge in [0.05, 0.1) is 6.61 Å². The van der Waals surface area contributed by atoms with Gasteiger partial charge in [0.1, 0.15) is 6.79 Å². The van der Waals surface area contributed by atoms with Gasteiger partial charge in [-0.05, 0) is 18.8 Å². The fraction of sp³-hybridized carbons (Fsp3) is 1.00. The average Bonchev–Trinajstić information content (AvgIpc) is 2.34. The van der Waals surface area contributed by atoms with E-state index in [9.17, 15) is 0 Å². The zero-order valence-electron chi connectivity index (χ0n) is 5.68. The highest BCUT2D eigenvalue weighted by atomic mass is 16.6. The summed E-state index contributed by atoms with van der Waals surface area (Å²) in [5.74, 6) is 0.733. The third kappa shape index (κ3) is 2.33. The SMILES string of the molecule is OCOCC1CCCC1. The quantitative estimate of drug-likeness (QED) is 0.580. The van der Waals surface area contributed by atoms with Crippen molar-refractivity contribution >= 4 is 0 Å². The zero-order chi connectivity index (χ0) is 6.53. The molecule has 1 fully saturated rings. The van der Waals surface area contributed by atoms with Crippen molar-refractivity contribution in [2.75, 3.05) is 13.4 Å². The van der Waals surface area contributed by atoms with Gasteiger partial charge < -0.3 is 9.84 Å². The van der Waals surface area contributed by atoms with Crippen LogP contribution in [0.2, 0.25) is 0 Å². The van der Waals surface area contributed by atoms with Gasteiger partial charge in [0, 0.05) is 0 Å². The van der Waals surface area contributed by atoms with E-state index in [2.05, 4.69) is 0 Å². The van der Waals surface area contributed by atoms with E-state index >= 15 is 0 Å². The fourth-order valence-corrected chi connectivity index (χ4v) is 1.40. The first-order valence-electron chi connectivity index (χ1n) is 3.62. The molecule has 1 N–H and O–H groups in total. The second kappa shape index (κ2) is 3.85. The number of rotatable bonds is 3. The molecule has 9 heavy (non-hydrogen) atoms. The van der Waals surface area contributed by atoms with Crippen molar-refractivity contribution in [3.63, 3.8) is 0 Å². The lowest BCUT2D eigenvalue weighted by Gasteiger charge is -2.06. The number of aliphatic hydroxyl groups is 1. The van der Waals surface area contributed by atoms with Crippen molar-refractivity contribution in [1.29, 1.82) is 0 Å². The van der Waals surface area contributed by atoms with Crippen molar-refractivity contribution < 1.29 is 9.84 Å². The van der Waals surface area contributed by atoms with Crippen LogP contribution in [0.5, 0.6) is 0 Å². The van der Waals surface area contributed by atoms with Crippen LogP contribution in [0.25, 0.3) is 0 Å². The summed E-state index contributed by atoms with van der Waals surface area (Å²) < 4.78 is 4.87. The van der Waals surface area contributed by atoms with Gasteiger partial charge in [0.15, 0.2) is 0 Å². The van der Waals surface area contributed by atoms with Gasteiger partial charge in [-0.3, -0.25) is 0 Å². The van der Waals surface area contributed by atoms with Gasteiger partial charge in [-0.2, -0.15) is 0 Å². The van der Waals surface area contributed by atoms with E-state index in [-0.39, 0.29) is 6.79 Å². The molecule has 1 rings (SSSR count). The van der Waals surface area contributed by atoms with Crippen LogP contribution in [0.1, 0.15) is 25.7 Å². The number of ether oxygens (including phenoxy) is 1. The minimum atomic E-state index is -0.115. The second-order valence-electron chi connectivity index (χ2n) is 2.65. The van der Waals surface area contributed by atoms with Crippen molar-refractivity contribution in [1.82, 2.24) is 0 Å². The van der Waals surface area contributed by atoms with Crippen LogP contribution < -0.4 is 0 Å². The highest BCUT2D eigenvalue weighted by Gasteiger charge is 2.13. The summed E-state index contributed by atoms with van der Waals surface area (Å²) in [5.41, 5.74) is 0. The molecule has 0 heterocycles. The molecule has 1 saturated carbocycles. The van der Waals surface area contributed by atoms with Crippen LogP contribution in [0, 0.1) is 5.92 Å². The molecule has 0 spiro atoms. The normalized spacial score (nSPS) is 21.0. The summed E-state index contributed by atoms with van der Waals surface area (Å²) in [6.07, 6.45) is 5.28. The minimum absolute atomic E-state index is 0.115. The maximum absolute atomic E-state index is 8.30. The number of aliphatic hydroxyl groups excluding tert-OH is 1. The van der Waals surface area contributed by atoms with E-state index in [1.165, 1.54) is 25.7 Å². The summed E-state index contributed by atoms with van der Waals surface area (Å²) in [6.45, 7) is 0.646. The Morgan fingerprint density at radius 1 is 1.33 bits per heavy atom. The van der Waals surface area contributed by atoms with E-state index in [0.29, 0.717) is 0 Å². The first kappa shape index (κ1) is 7.03. The van der Waals surface area contributed by atoms with E-state index < -0.39 is 0 Å². The molecule has 0 radical (unpaired) electrons. The molecule has 0 amide bonds. The van der Waals surface area contributed by atoms with Crippen molar-refractivity contribution in [3.05, 3.63) is 0 Å². The highest BCUT2D eigenvalue weighted by Crippen LogP contribution is 2.24. The molecule has 2 heteroatoms. The Hall–Kier alpha value is -0.0800. The summed E-state index contributed by atoms with van der Waals surface area (Å²) >= 11 is 0. The first-order valence-corrected chi connectivity index (χ1v) is 3.62. The molecule has 0 atom stereocenters. The van der Waals surface area contributed by atoms with Crippen molar-refractivity contribution in [2.24, 2.45) is 5.92 Å². The molecular weight excluding hydrogens is 116 g/mol. The molecule has 1 aliphatic carbocycles. The molecule has 1 aliphatic rings. The molecule has 0 saturated heterocycles. The molecule has 0 aromatic rings. The van der Waals surface area contributed by atoms with Crippen LogP contribution in [0.3, 0.4) is 0 Å². The Bertz CT molecular complexity index is 67.3. The Morgan fingerprint density at radius 2 is 2.00 bits per heavy atom. The van der Waals surface area contributed by atoms with Gasteiger partial charge in [0.25, 0.3) is 0 Å². The highest BCUT2D eigenvalue weighted by molar-refractivity contribution is 4.65. The maximum Gasteiger partial charge on any atom is 0.143 e. The standard InChI is InChI=1S/C7H14O2/c8-6-9-5-7-3-1-2-4-7/h7-8H,1-6H2. The number of hydrogen-bond acceptors (Lipinski definition) is 2. The molecule has 0 aromatic carbocycles. The lowest BCUT2D eigenvalue weighted by Crippen LogP contribution is -2.05. The zero-order valence-corrected chi connectivity index (χ0v) is 5.68. The summed E-state index contributed by atoms with van der Waals surface area (Å²) in [5, 5.41) is 8.30. The maximum atomic E-state index is 8.30. The van der Waals surface area contributed by atoms with Gasteiger partial charge in [-0.1, -0.05) is 12.8 Å². The fourth-order valence-electron chi connectivity index (χ4n) is 1.40. The van der Waals surface area contributed by atoms with Crippen LogP contribution in [0.15, 0.2) is 0 Å². The molecule has 2 nitrogen and oxygen atoms in total. The van der Waals surface area contributed by atoms with Gasteiger partial charge in [-0.15, -0.1) is 0 Å². The Morgan fingerprint density at radius 3 is 2.56 bits per heavy atom. The Kier molecular flexibility index (Phi) is 3.01. The van der Waals surface area contributed by atoms with Crippen LogP contribution in [-0.2, 0) is 4.74 Å². The van der Waals surface area contributed by atoms with Crippen LogP contribution in [0.4, 0.5) is 0 Å². The first-order chi connectivity index (χ1) is 4.43. The summed E-state index contributed by atoms with van der Waals surface area (Å²) in [7, 11) is 0. The third-order valence-electron chi connectivity index (χ3n) is 1.92. The second-order valence-corrected chi connectivity index (χ2v) is 2.65. The molecule has 0 aliphatic heterocycles. The Labute approximate surface area is 55.8 Å². The third-order valence-corrected chi connectivity index (χ3v) is 1.92. The minimum Gasteiger partial charge on any atom is -0.371 e. The lowest BCUT2D eigenvalue weighted by atomic mass is 10.1. The van der Waals surface area contributed by atoms with E-state index in [4.69, 9.17) is 9.84 Å². The van der Waals surface area contributed by atoms with E-state index in [1.54, 1.807) is 0 Å². The van der Waals surface area contributed by atoms with Crippen LogP contribution in [-0.4, -0.2) is 18.5 Å². The summed E-state index contributed by atoms with van der Waals surface area (Å²) in [6, 6.07) is 0. The lowest BCUT2D eigenvalue weighted by molar-refractivity contribution is -0.0165. The number of hydrogen-bond donors (Lipinski definition) is 1. The molecule has 0 aromatic heterocycles. The monoisotopic (exact) mass is 130 g/mol. The summed E-state index contributed by atoms with van der Waals surface area (Å²) in [4.78, 5) is 0. The van der Waals surface area contributed by atoms with Crippen molar-refractivity contribution in [3.8, 4) is 0 Å². The van der Waals surface area contributed by atoms with E-state index in [1.807, 2.05) is 0 Å².